The van der Waals surface area contributed by atoms with Crippen molar-refractivity contribution in [1.82, 2.24) is 14.9 Å². The molecule has 2 aromatic heterocycles. The van der Waals surface area contributed by atoms with E-state index >= 15 is 0 Å². The van der Waals surface area contributed by atoms with E-state index in [9.17, 15) is 4.79 Å². The molecule has 0 saturated heterocycles. The number of thiophene rings is 1. The highest BCUT2D eigenvalue weighted by Gasteiger charge is 2.21. The molecular weight excluding hydrogens is 346 g/mol. The molecule has 3 aromatic rings. The first kappa shape index (κ1) is 18.3. The first-order valence-corrected chi connectivity index (χ1v) is 9.58. The quantitative estimate of drug-likeness (QED) is 0.647. The Morgan fingerprint density at radius 1 is 1.12 bits per heavy atom. The van der Waals surface area contributed by atoms with Gasteiger partial charge in [0.2, 0.25) is 5.88 Å². The van der Waals surface area contributed by atoms with Crippen molar-refractivity contribution in [1.29, 1.82) is 0 Å². The van der Waals surface area contributed by atoms with Crippen molar-refractivity contribution < 1.29 is 9.53 Å². The maximum Gasteiger partial charge on any atom is 0.261 e. The van der Waals surface area contributed by atoms with Crippen molar-refractivity contribution in [2.24, 2.45) is 0 Å². The maximum absolute atomic E-state index is 12.6. The molecule has 26 heavy (non-hydrogen) atoms. The van der Waals surface area contributed by atoms with E-state index in [1.54, 1.807) is 11.3 Å². The van der Waals surface area contributed by atoms with Gasteiger partial charge in [-0.05, 0) is 33.3 Å². The Hall–Kier alpha value is -2.47. The molecule has 1 aromatic carbocycles. The van der Waals surface area contributed by atoms with Gasteiger partial charge in [0.25, 0.3) is 5.91 Å². The van der Waals surface area contributed by atoms with E-state index in [1.165, 1.54) is 6.33 Å². The minimum atomic E-state index is -0.0433. The van der Waals surface area contributed by atoms with Gasteiger partial charge in [0.1, 0.15) is 11.2 Å². The summed E-state index contributed by atoms with van der Waals surface area (Å²) in [6.45, 7) is 7.99. The van der Waals surface area contributed by atoms with E-state index in [-0.39, 0.29) is 24.6 Å². The Kier molecular flexibility index (Phi) is 5.52. The van der Waals surface area contributed by atoms with Gasteiger partial charge >= 0.3 is 0 Å². The van der Waals surface area contributed by atoms with Gasteiger partial charge in [-0.2, -0.15) is 0 Å². The number of carbonyl (C=O) groups is 1. The molecule has 5 nitrogen and oxygen atoms in total. The summed E-state index contributed by atoms with van der Waals surface area (Å²) in [5, 5.41) is 2.91. The predicted octanol–water partition coefficient (Wildman–Crippen LogP) is 4.38. The molecule has 2 heterocycles. The van der Waals surface area contributed by atoms with Gasteiger partial charge in [0.15, 0.2) is 6.61 Å². The molecule has 3 rings (SSSR count). The highest BCUT2D eigenvalue weighted by molar-refractivity contribution is 7.17. The smallest absolute Gasteiger partial charge is 0.261 e. The minimum Gasteiger partial charge on any atom is -0.467 e. The minimum absolute atomic E-state index is 0.0352. The summed E-state index contributed by atoms with van der Waals surface area (Å²) in [7, 11) is 0. The molecule has 0 N–H and O–H groups in total. The van der Waals surface area contributed by atoms with E-state index in [0.29, 0.717) is 5.88 Å². The molecule has 0 aliphatic heterocycles. The van der Waals surface area contributed by atoms with Crippen LogP contribution in [0.2, 0.25) is 0 Å². The fourth-order valence-electron chi connectivity index (χ4n) is 3.16. The number of rotatable bonds is 6. The molecule has 0 saturated carbocycles. The molecule has 6 heteroatoms. The van der Waals surface area contributed by atoms with Crippen molar-refractivity contribution in [2.75, 3.05) is 6.61 Å². The van der Waals surface area contributed by atoms with Gasteiger partial charge in [-0.25, -0.2) is 9.97 Å². The maximum atomic E-state index is 12.6. The Morgan fingerprint density at radius 2 is 1.81 bits per heavy atom. The molecule has 136 valence electrons. The number of amides is 1. The number of aromatic nitrogens is 2. The Morgan fingerprint density at radius 3 is 2.46 bits per heavy atom. The summed E-state index contributed by atoms with van der Waals surface area (Å²) in [6.07, 6.45) is 1.48. The van der Waals surface area contributed by atoms with Crippen LogP contribution < -0.4 is 4.74 Å². The van der Waals surface area contributed by atoms with Gasteiger partial charge in [0, 0.05) is 23.0 Å². The highest BCUT2D eigenvalue weighted by atomic mass is 32.1. The molecule has 1 amide bonds. The zero-order valence-corrected chi connectivity index (χ0v) is 16.3. The van der Waals surface area contributed by atoms with Gasteiger partial charge < -0.3 is 9.64 Å². The molecule has 0 aliphatic rings. The lowest BCUT2D eigenvalue weighted by molar-refractivity contribution is -0.137. The molecule has 0 bridgehead atoms. The molecule has 0 fully saturated rings. The van der Waals surface area contributed by atoms with Gasteiger partial charge in [-0.1, -0.05) is 30.3 Å². The van der Waals surface area contributed by atoms with Crippen LogP contribution in [0.1, 0.15) is 27.7 Å². The van der Waals surface area contributed by atoms with Crippen LogP contribution in [0.25, 0.3) is 21.3 Å². The van der Waals surface area contributed by atoms with Gasteiger partial charge in [-0.15, -0.1) is 11.3 Å². The summed E-state index contributed by atoms with van der Waals surface area (Å²) in [4.78, 5) is 23.9. The second-order valence-electron chi connectivity index (χ2n) is 6.65. The summed E-state index contributed by atoms with van der Waals surface area (Å²) in [6, 6.07) is 10.3. The lowest BCUT2D eigenvalue weighted by atomic mass is 10.1. The zero-order chi connectivity index (χ0) is 18.7. The molecule has 0 atom stereocenters. The average Bonchev–Trinajstić information content (AvgIpc) is 3.05. The normalized spacial score (nSPS) is 11.3. The highest BCUT2D eigenvalue weighted by Crippen LogP contribution is 2.37. The first-order chi connectivity index (χ1) is 12.5. The summed E-state index contributed by atoms with van der Waals surface area (Å²) >= 11 is 1.55. The van der Waals surface area contributed by atoms with Crippen molar-refractivity contribution >= 4 is 27.5 Å². The average molecular weight is 369 g/mol. The van der Waals surface area contributed by atoms with Crippen LogP contribution in [0, 0.1) is 0 Å². The number of benzene rings is 1. The van der Waals surface area contributed by atoms with E-state index in [1.807, 2.05) is 62.9 Å². The van der Waals surface area contributed by atoms with Crippen LogP contribution in [0.4, 0.5) is 0 Å². The number of carbonyl (C=O) groups excluding carboxylic acids is 1. The van der Waals surface area contributed by atoms with E-state index in [0.717, 1.165) is 21.3 Å². The second-order valence-corrected chi connectivity index (χ2v) is 7.51. The molecule has 0 aliphatic carbocycles. The van der Waals surface area contributed by atoms with Gasteiger partial charge in [0.05, 0.1) is 5.39 Å². The number of nitrogens with zero attached hydrogens (tertiary/aromatic N) is 3. The monoisotopic (exact) mass is 369 g/mol. The van der Waals surface area contributed by atoms with Crippen molar-refractivity contribution in [3.05, 3.63) is 42.0 Å². The number of hydrogen-bond acceptors (Lipinski definition) is 5. The van der Waals surface area contributed by atoms with Crippen LogP contribution in [0.15, 0.2) is 42.0 Å². The number of hydrogen-bond donors (Lipinski definition) is 0. The Bertz CT molecular complexity index is 882. The Balaban J connectivity index is 1.89. The lowest BCUT2D eigenvalue weighted by Crippen LogP contribution is -2.44. The van der Waals surface area contributed by atoms with Crippen LogP contribution in [-0.4, -0.2) is 39.5 Å². The zero-order valence-electron chi connectivity index (χ0n) is 15.5. The largest absolute Gasteiger partial charge is 0.467 e. The standard InChI is InChI=1S/C20H23N3O2S/c1-13(2)23(14(3)4)17(24)10-25-19-18-16(15-8-6-5-7-9-15)11-26-20(18)22-12-21-19/h5-9,11-14H,10H2,1-4H3. The third-order valence-electron chi connectivity index (χ3n) is 4.15. The summed E-state index contributed by atoms with van der Waals surface area (Å²) in [5.41, 5.74) is 2.11. The van der Waals surface area contributed by atoms with Crippen LogP contribution in [0.5, 0.6) is 5.88 Å². The first-order valence-electron chi connectivity index (χ1n) is 8.70. The van der Waals surface area contributed by atoms with Crippen molar-refractivity contribution in [2.45, 2.75) is 39.8 Å². The third kappa shape index (κ3) is 3.70. The second kappa shape index (κ2) is 7.83. The third-order valence-corrected chi connectivity index (χ3v) is 5.04. The number of ether oxygens (including phenoxy) is 1. The fourth-order valence-corrected chi connectivity index (χ4v) is 4.07. The topological polar surface area (TPSA) is 55.3 Å². The lowest BCUT2D eigenvalue weighted by Gasteiger charge is -2.30. The fraction of sp³-hybridized carbons (Fsp3) is 0.350. The van der Waals surface area contributed by atoms with Crippen molar-refractivity contribution in [3.8, 4) is 17.0 Å². The SMILES string of the molecule is CC(C)N(C(=O)COc1ncnc2scc(-c3ccccc3)c12)C(C)C. The van der Waals surface area contributed by atoms with E-state index in [4.69, 9.17) is 4.74 Å². The number of fused-ring (bicyclic) bond motifs is 1. The molecule has 0 radical (unpaired) electrons. The summed E-state index contributed by atoms with van der Waals surface area (Å²) < 4.78 is 5.85. The van der Waals surface area contributed by atoms with Crippen LogP contribution in [0.3, 0.4) is 0 Å². The molecule has 0 spiro atoms. The van der Waals surface area contributed by atoms with E-state index < -0.39 is 0 Å². The van der Waals surface area contributed by atoms with Crippen molar-refractivity contribution in [3.63, 3.8) is 0 Å². The molecule has 0 unspecified atom stereocenters. The predicted molar refractivity (Wildman–Crippen MR) is 105 cm³/mol. The van der Waals surface area contributed by atoms with Crippen LogP contribution in [-0.2, 0) is 4.79 Å². The van der Waals surface area contributed by atoms with Crippen LogP contribution >= 0.6 is 11.3 Å². The Labute approximate surface area is 157 Å². The molecular formula is C20H23N3O2S. The summed E-state index contributed by atoms with van der Waals surface area (Å²) in [5.74, 6) is 0.411. The van der Waals surface area contributed by atoms with E-state index in [2.05, 4.69) is 15.3 Å². The van der Waals surface area contributed by atoms with Gasteiger partial charge in [-0.3, -0.25) is 4.79 Å².